The Balaban J connectivity index is 4.08. The lowest BCUT2D eigenvalue weighted by molar-refractivity contribution is 1.35. The van der Waals surface area contributed by atoms with Crippen molar-refractivity contribution in [3.05, 3.63) is 35.5 Å². The van der Waals surface area contributed by atoms with E-state index in [1.54, 1.807) is 0 Å². The lowest BCUT2D eigenvalue weighted by Crippen LogP contribution is -1.68. The average Bonchev–Trinajstić information content (AvgIpc) is 1.82. The second-order valence-electron chi connectivity index (χ2n) is 2.66. The van der Waals surface area contributed by atoms with Gasteiger partial charge in [-0.25, -0.2) is 0 Å². The van der Waals surface area contributed by atoms with Crippen LogP contribution in [-0.4, -0.2) is 0 Å². The summed E-state index contributed by atoms with van der Waals surface area (Å²) in [5.74, 6) is 0. The summed E-state index contributed by atoms with van der Waals surface area (Å²) in [5, 5.41) is 0. The Hall–Kier alpha value is -0.780. The molecule has 0 aliphatic carbocycles. The molecule has 0 aromatic heterocycles. The average molecular weight is 136 g/mol. The summed E-state index contributed by atoms with van der Waals surface area (Å²) in [6.07, 6.45) is 8.35. The summed E-state index contributed by atoms with van der Waals surface area (Å²) >= 11 is 0. The zero-order chi connectivity index (χ0) is 7.98. The Bertz CT molecular complexity index is 164. The van der Waals surface area contributed by atoms with E-state index in [1.807, 2.05) is 13.0 Å². The first-order valence-corrected chi connectivity index (χ1v) is 3.61. The normalized spacial score (nSPS) is 12.2. The second-order valence-corrected chi connectivity index (χ2v) is 2.66. The summed E-state index contributed by atoms with van der Waals surface area (Å²) in [6.45, 7) is 8.33. The lowest BCUT2D eigenvalue weighted by atomic mass is 10.2. The first-order chi connectivity index (χ1) is 4.66. The lowest BCUT2D eigenvalue weighted by Gasteiger charge is -1.89. The van der Waals surface area contributed by atoms with E-state index in [0.29, 0.717) is 0 Å². The molecule has 0 heteroatoms. The van der Waals surface area contributed by atoms with Gasteiger partial charge in [-0.05, 0) is 27.7 Å². The Morgan fingerprint density at radius 1 is 1.10 bits per heavy atom. The predicted molar refractivity (Wildman–Crippen MR) is 48.0 cm³/mol. The zero-order valence-corrected chi connectivity index (χ0v) is 7.31. The van der Waals surface area contributed by atoms with Gasteiger partial charge in [-0.3, -0.25) is 0 Å². The molecule has 0 nitrogen and oxygen atoms in total. The summed E-state index contributed by atoms with van der Waals surface area (Å²) in [5.41, 5.74) is 2.65. The van der Waals surface area contributed by atoms with Gasteiger partial charge in [-0.1, -0.05) is 35.5 Å². The molecule has 0 spiro atoms. The maximum absolute atomic E-state index is 2.17. The van der Waals surface area contributed by atoms with Gasteiger partial charge >= 0.3 is 0 Å². The van der Waals surface area contributed by atoms with Crippen molar-refractivity contribution in [2.24, 2.45) is 0 Å². The van der Waals surface area contributed by atoms with Gasteiger partial charge in [-0.15, -0.1) is 0 Å². The van der Waals surface area contributed by atoms with Crippen LogP contribution in [0.4, 0.5) is 0 Å². The van der Waals surface area contributed by atoms with Gasteiger partial charge in [0.05, 0.1) is 0 Å². The molecule has 0 aromatic carbocycles. The monoisotopic (exact) mass is 136 g/mol. The molecule has 10 heavy (non-hydrogen) atoms. The molecule has 0 fully saturated rings. The van der Waals surface area contributed by atoms with E-state index < -0.39 is 0 Å². The first-order valence-electron chi connectivity index (χ1n) is 3.61. The summed E-state index contributed by atoms with van der Waals surface area (Å²) in [7, 11) is 0. The third-order valence-corrected chi connectivity index (χ3v) is 1.07. The van der Waals surface area contributed by atoms with Crippen molar-refractivity contribution in [3.8, 4) is 0 Å². The third-order valence-electron chi connectivity index (χ3n) is 1.07. The number of allylic oxidation sites excluding steroid dienone is 6. The molecular formula is C10H16. The van der Waals surface area contributed by atoms with Crippen molar-refractivity contribution in [1.82, 2.24) is 0 Å². The summed E-state index contributed by atoms with van der Waals surface area (Å²) < 4.78 is 0. The van der Waals surface area contributed by atoms with E-state index in [9.17, 15) is 0 Å². The zero-order valence-electron chi connectivity index (χ0n) is 7.31. The standard InChI is InChI=1S/C10H16/c1-5-6-7-10(4)8-9(2)3/h5-8H,1-4H3/b6-5-,10-7-. The van der Waals surface area contributed by atoms with Crippen LogP contribution in [0.5, 0.6) is 0 Å². The Labute approximate surface area is 64.0 Å². The quantitative estimate of drug-likeness (QED) is 0.510. The number of hydrogen-bond donors (Lipinski definition) is 0. The van der Waals surface area contributed by atoms with E-state index in [4.69, 9.17) is 0 Å². The molecule has 56 valence electrons. The molecule has 0 aliphatic rings. The molecule has 0 amide bonds. The Morgan fingerprint density at radius 2 is 1.70 bits per heavy atom. The topological polar surface area (TPSA) is 0 Å². The second kappa shape index (κ2) is 5.04. The highest BCUT2D eigenvalue weighted by Gasteiger charge is 1.78. The molecule has 0 heterocycles. The molecule has 0 unspecified atom stereocenters. The van der Waals surface area contributed by atoms with Crippen molar-refractivity contribution < 1.29 is 0 Å². The van der Waals surface area contributed by atoms with Gasteiger partial charge in [0.25, 0.3) is 0 Å². The van der Waals surface area contributed by atoms with Crippen LogP contribution in [0.3, 0.4) is 0 Å². The minimum atomic E-state index is 1.30. The highest BCUT2D eigenvalue weighted by molar-refractivity contribution is 5.23. The fraction of sp³-hybridized carbons (Fsp3) is 0.400. The van der Waals surface area contributed by atoms with Crippen molar-refractivity contribution in [2.75, 3.05) is 0 Å². The van der Waals surface area contributed by atoms with E-state index in [0.717, 1.165) is 0 Å². The molecule has 0 saturated heterocycles. The minimum absolute atomic E-state index is 1.30. The van der Waals surface area contributed by atoms with Crippen molar-refractivity contribution in [1.29, 1.82) is 0 Å². The molecule has 0 N–H and O–H groups in total. The van der Waals surface area contributed by atoms with Crippen molar-refractivity contribution >= 4 is 0 Å². The SMILES string of the molecule is C/C=C\C=C(\C)C=C(C)C. The van der Waals surface area contributed by atoms with Gasteiger partial charge in [0, 0.05) is 0 Å². The third kappa shape index (κ3) is 5.36. The van der Waals surface area contributed by atoms with Crippen LogP contribution in [0.1, 0.15) is 27.7 Å². The highest BCUT2D eigenvalue weighted by Crippen LogP contribution is 1.99. The van der Waals surface area contributed by atoms with Gasteiger partial charge in [0.15, 0.2) is 0 Å². The van der Waals surface area contributed by atoms with Crippen LogP contribution in [-0.2, 0) is 0 Å². The first kappa shape index (κ1) is 9.22. The molecule has 0 aromatic rings. The fourth-order valence-electron chi connectivity index (χ4n) is 0.751. The molecular weight excluding hydrogens is 120 g/mol. The summed E-state index contributed by atoms with van der Waals surface area (Å²) in [6, 6.07) is 0. The van der Waals surface area contributed by atoms with Gasteiger partial charge < -0.3 is 0 Å². The van der Waals surface area contributed by atoms with E-state index in [2.05, 4.69) is 39.0 Å². The van der Waals surface area contributed by atoms with E-state index in [1.165, 1.54) is 11.1 Å². The molecule has 0 atom stereocenters. The Morgan fingerprint density at radius 3 is 2.10 bits per heavy atom. The van der Waals surface area contributed by atoms with Gasteiger partial charge in [-0.2, -0.15) is 0 Å². The molecule has 0 radical (unpaired) electrons. The van der Waals surface area contributed by atoms with Crippen LogP contribution in [0.25, 0.3) is 0 Å². The van der Waals surface area contributed by atoms with Crippen LogP contribution >= 0.6 is 0 Å². The van der Waals surface area contributed by atoms with Crippen molar-refractivity contribution in [2.45, 2.75) is 27.7 Å². The number of rotatable bonds is 2. The molecule has 0 saturated carbocycles. The Kier molecular flexibility index (Phi) is 4.65. The predicted octanol–water partition coefficient (Wildman–Crippen LogP) is 3.48. The molecule has 0 aliphatic heterocycles. The van der Waals surface area contributed by atoms with Crippen LogP contribution in [0.2, 0.25) is 0 Å². The van der Waals surface area contributed by atoms with E-state index in [-0.39, 0.29) is 0 Å². The largest absolute Gasteiger partial charge is 0.0877 e. The fourth-order valence-corrected chi connectivity index (χ4v) is 0.751. The van der Waals surface area contributed by atoms with Gasteiger partial charge in [0.1, 0.15) is 0 Å². The van der Waals surface area contributed by atoms with Crippen LogP contribution < -0.4 is 0 Å². The van der Waals surface area contributed by atoms with Crippen LogP contribution in [0, 0.1) is 0 Å². The molecule has 0 bridgehead atoms. The van der Waals surface area contributed by atoms with E-state index >= 15 is 0 Å². The smallest absolute Gasteiger partial charge is 0.0398 e. The van der Waals surface area contributed by atoms with Gasteiger partial charge in [0.2, 0.25) is 0 Å². The number of hydrogen-bond acceptors (Lipinski definition) is 0. The van der Waals surface area contributed by atoms with Crippen molar-refractivity contribution in [3.63, 3.8) is 0 Å². The molecule has 0 rings (SSSR count). The minimum Gasteiger partial charge on any atom is -0.0877 e. The maximum atomic E-state index is 2.17. The highest BCUT2D eigenvalue weighted by atomic mass is 13.9. The maximum Gasteiger partial charge on any atom is -0.0398 e. The summed E-state index contributed by atoms with van der Waals surface area (Å²) in [4.78, 5) is 0. The van der Waals surface area contributed by atoms with Crippen LogP contribution in [0.15, 0.2) is 35.5 Å².